The molecule has 7 nitrogen and oxygen atoms in total. The van der Waals surface area contributed by atoms with Gasteiger partial charge in [0.15, 0.2) is 5.82 Å². The van der Waals surface area contributed by atoms with Gasteiger partial charge in [-0.15, -0.1) is 0 Å². The molecule has 25 heavy (non-hydrogen) atoms. The van der Waals surface area contributed by atoms with Crippen molar-refractivity contribution in [2.24, 2.45) is 7.05 Å². The summed E-state index contributed by atoms with van der Waals surface area (Å²) in [6.45, 7) is 3.75. The van der Waals surface area contributed by atoms with Crippen molar-refractivity contribution < 1.29 is 4.74 Å². The van der Waals surface area contributed by atoms with Gasteiger partial charge in [0.2, 0.25) is 0 Å². The van der Waals surface area contributed by atoms with Crippen LogP contribution >= 0.6 is 0 Å². The number of benzene rings is 1. The number of methoxy groups -OCH3 is 1. The lowest BCUT2D eigenvalue weighted by molar-refractivity contribution is 0.108. The van der Waals surface area contributed by atoms with Crippen LogP contribution in [0.25, 0.3) is 11.0 Å². The lowest BCUT2D eigenvalue weighted by Crippen LogP contribution is -2.28. The van der Waals surface area contributed by atoms with Crippen molar-refractivity contribution in [1.29, 1.82) is 0 Å². The molecule has 0 unspecified atom stereocenters. The molecule has 0 bridgehead atoms. The van der Waals surface area contributed by atoms with Crippen LogP contribution in [0.2, 0.25) is 0 Å². The molecule has 2 atom stereocenters. The molecule has 0 radical (unpaired) electrons. The van der Waals surface area contributed by atoms with E-state index in [1.54, 1.807) is 7.11 Å². The van der Waals surface area contributed by atoms with Crippen LogP contribution in [0.3, 0.4) is 0 Å². The van der Waals surface area contributed by atoms with Crippen LogP contribution in [0.1, 0.15) is 29.9 Å². The minimum Gasteiger partial charge on any atom is -0.380 e. The number of fused-ring (bicyclic) bond motifs is 1. The first kappa shape index (κ1) is 16.2. The fraction of sp³-hybridized carbons (Fsp3) is 0.500. The molecular weight excluding hydrogens is 316 g/mol. The van der Waals surface area contributed by atoms with Gasteiger partial charge in [0.05, 0.1) is 23.2 Å². The minimum absolute atomic E-state index is 0.199. The molecule has 4 rings (SSSR count). The van der Waals surface area contributed by atoms with E-state index in [1.807, 2.05) is 13.0 Å². The largest absolute Gasteiger partial charge is 0.380 e. The predicted molar refractivity (Wildman–Crippen MR) is 95.3 cm³/mol. The molecule has 1 aromatic carbocycles. The van der Waals surface area contributed by atoms with E-state index in [0.717, 1.165) is 48.9 Å². The summed E-state index contributed by atoms with van der Waals surface area (Å²) in [4.78, 5) is 11.7. The second kappa shape index (κ2) is 6.57. The van der Waals surface area contributed by atoms with Gasteiger partial charge >= 0.3 is 0 Å². The van der Waals surface area contributed by atoms with E-state index in [2.05, 4.69) is 49.9 Å². The summed E-state index contributed by atoms with van der Waals surface area (Å²) in [7, 11) is 3.86. The molecule has 1 saturated heterocycles. The number of ether oxygens (including phenoxy) is 1. The number of imidazole rings is 1. The maximum atomic E-state index is 5.60. The van der Waals surface area contributed by atoms with E-state index in [4.69, 9.17) is 9.72 Å². The maximum absolute atomic E-state index is 5.60. The van der Waals surface area contributed by atoms with E-state index < -0.39 is 0 Å². The molecule has 7 heteroatoms. The SMILES string of the molecule is CO[C@@H]1C[C@@H](c2n[nH]c(C)n2)N(CCc2nc3ccccc3n2C)C1. The van der Waals surface area contributed by atoms with Crippen LogP contribution in [-0.2, 0) is 18.2 Å². The lowest BCUT2D eigenvalue weighted by Gasteiger charge is -2.21. The number of aromatic nitrogens is 5. The highest BCUT2D eigenvalue weighted by atomic mass is 16.5. The highest BCUT2D eigenvalue weighted by Crippen LogP contribution is 2.31. The van der Waals surface area contributed by atoms with Crippen LogP contribution in [0.4, 0.5) is 0 Å². The summed E-state index contributed by atoms with van der Waals surface area (Å²) in [5.41, 5.74) is 2.23. The molecule has 3 aromatic rings. The third-order valence-electron chi connectivity index (χ3n) is 5.11. The Balaban J connectivity index is 1.52. The Bertz CT molecular complexity index is 869. The van der Waals surface area contributed by atoms with Gasteiger partial charge in [0.1, 0.15) is 11.6 Å². The second-order valence-corrected chi connectivity index (χ2v) is 6.71. The van der Waals surface area contributed by atoms with Crippen molar-refractivity contribution in [2.45, 2.75) is 31.9 Å². The van der Waals surface area contributed by atoms with Gasteiger partial charge in [-0.05, 0) is 25.5 Å². The van der Waals surface area contributed by atoms with Crippen LogP contribution in [0, 0.1) is 6.92 Å². The zero-order valence-corrected chi connectivity index (χ0v) is 14.9. The van der Waals surface area contributed by atoms with Crippen molar-refractivity contribution in [3.8, 4) is 0 Å². The van der Waals surface area contributed by atoms with E-state index in [1.165, 1.54) is 5.52 Å². The number of nitrogens with one attached hydrogen (secondary N) is 1. The molecule has 1 aliphatic rings. The summed E-state index contributed by atoms with van der Waals surface area (Å²) >= 11 is 0. The van der Waals surface area contributed by atoms with Crippen molar-refractivity contribution in [1.82, 2.24) is 29.6 Å². The summed E-state index contributed by atoms with van der Waals surface area (Å²) in [5, 5.41) is 7.32. The number of aromatic amines is 1. The number of aryl methyl sites for hydroxylation is 2. The molecular formula is C18H24N6O. The summed E-state index contributed by atoms with van der Waals surface area (Å²) < 4.78 is 7.78. The minimum atomic E-state index is 0.199. The first-order valence-corrected chi connectivity index (χ1v) is 8.71. The van der Waals surface area contributed by atoms with Gasteiger partial charge < -0.3 is 9.30 Å². The van der Waals surface area contributed by atoms with Gasteiger partial charge in [0.25, 0.3) is 0 Å². The van der Waals surface area contributed by atoms with Crippen LogP contribution in [-0.4, -0.2) is 55.9 Å². The number of rotatable bonds is 5. The Morgan fingerprint density at radius 3 is 2.84 bits per heavy atom. The van der Waals surface area contributed by atoms with Crippen LogP contribution < -0.4 is 0 Å². The average Bonchev–Trinajstić information content (AvgIpc) is 3.31. The maximum Gasteiger partial charge on any atom is 0.167 e. The Kier molecular flexibility index (Phi) is 4.27. The fourth-order valence-electron chi connectivity index (χ4n) is 3.72. The number of hydrogen-bond donors (Lipinski definition) is 1. The summed E-state index contributed by atoms with van der Waals surface area (Å²) in [6, 6.07) is 8.46. The van der Waals surface area contributed by atoms with E-state index in [0.29, 0.717) is 0 Å². The average molecular weight is 340 g/mol. The van der Waals surface area contributed by atoms with Gasteiger partial charge in [0, 0.05) is 33.7 Å². The van der Waals surface area contributed by atoms with Crippen molar-refractivity contribution >= 4 is 11.0 Å². The Hall–Kier alpha value is -2.25. The van der Waals surface area contributed by atoms with E-state index >= 15 is 0 Å². The van der Waals surface area contributed by atoms with Crippen LogP contribution in [0.5, 0.6) is 0 Å². The summed E-state index contributed by atoms with van der Waals surface area (Å²) in [6.07, 6.45) is 2.04. The Morgan fingerprint density at radius 1 is 1.28 bits per heavy atom. The van der Waals surface area contributed by atoms with E-state index in [-0.39, 0.29) is 12.1 Å². The molecule has 0 spiro atoms. The quantitative estimate of drug-likeness (QED) is 0.769. The molecule has 132 valence electrons. The summed E-state index contributed by atoms with van der Waals surface area (Å²) in [5.74, 6) is 2.82. The number of para-hydroxylation sites is 2. The monoisotopic (exact) mass is 340 g/mol. The molecule has 0 amide bonds. The fourth-order valence-corrected chi connectivity index (χ4v) is 3.72. The molecule has 2 aromatic heterocycles. The smallest absolute Gasteiger partial charge is 0.167 e. The van der Waals surface area contributed by atoms with Gasteiger partial charge in [-0.1, -0.05) is 12.1 Å². The van der Waals surface area contributed by atoms with Gasteiger partial charge in [-0.2, -0.15) is 5.10 Å². The zero-order valence-electron chi connectivity index (χ0n) is 14.9. The lowest BCUT2D eigenvalue weighted by atomic mass is 10.2. The van der Waals surface area contributed by atoms with Gasteiger partial charge in [-0.25, -0.2) is 9.97 Å². The van der Waals surface area contributed by atoms with Gasteiger partial charge in [-0.3, -0.25) is 10.00 Å². The Morgan fingerprint density at radius 2 is 2.12 bits per heavy atom. The first-order valence-electron chi connectivity index (χ1n) is 8.71. The van der Waals surface area contributed by atoms with E-state index in [9.17, 15) is 0 Å². The molecule has 0 aliphatic carbocycles. The zero-order chi connectivity index (χ0) is 17.4. The first-order chi connectivity index (χ1) is 12.2. The molecule has 1 fully saturated rings. The number of nitrogens with zero attached hydrogens (tertiary/aromatic N) is 5. The molecule has 1 aliphatic heterocycles. The number of likely N-dealkylation sites (tertiary alicyclic amines) is 1. The highest BCUT2D eigenvalue weighted by molar-refractivity contribution is 5.75. The Labute approximate surface area is 147 Å². The normalized spacial score (nSPS) is 21.4. The predicted octanol–water partition coefficient (Wildman–Crippen LogP) is 2.00. The molecule has 3 heterocycles. The van der Waals surface area contributed by atoms with Crippen molar-refractivity contribution in [2.75, 3.05) is 20.2 Å². The third-order valence-corrected chi connectivity index (χ3v) is 5.11. The highest BCUT2D eigenvalue weighted by Gasteiger charge is 2.35. The van der Waals surface area contributed by atoms with Crippen molar-refractivity contribution in [3.63, 3.8) is 0 Å². The van der Waals surface area contributed by atoms with Crippen LogP contribution in [0.15, 0.2) is 24.3 Å². The topological polar surface area (TPSA) is 71.9 Å². The van der Waals surface area contributed by atoms with Crippen molar-refractivity contribution in [3.05, 3.63) is 41.7 Å². The molecule has 1 N–H and O–H groups in total. The number of hydrogen-bond acceptors (Lipinski definition) is 5. The third kappa shape index (κ3) is 3.05. The number of H-pyrrole nitrogens is 1. The standard InChI is InChI=1S/C18H24N6O/c1-12-19-18(22-21-12)16-10-13(25-3)11-24(16)9-8-17-20-14-6-4-5-7-15(14)23(17)2/h4-7,13,16H,8-11H2,1-3H3,(H,19,21,22)/t13-,16+/m1/s1. The molecule has 0 saturated carbocycles. The second-order valence-electron chi connectivity index (χ2n) is 6.71.